The molecule has 1 amide bonds. The van der Waals surface area contributed by atoms with Crippen molar-refractivity contribution in [2.45, 2.75) is 25.9 Å². The van der Waals surface area contributed by atoms with E-state index in [0.717, 1.165) is 6.07 Å². The first-order valence-electron chi connectivity index (χ1n) is 7.94. The molecular weight excluding hydrogens is 330 g/mol. The summed E-state index contributed by atoms with van der Waals surface area (Å²) in [6.45, 7) is 3.65. The van der Waals surface area contributed by atoms with Gasteiger partial charge in [-0.1, -0.05) is 0 Å². The molecule has 7 heteroatoms. The molecule has 0 radical (unpaired) electrons. The molecule has 0 aromatic heterocycles. The van der Waals surface area contributed by atoms with Crippen molar-refractivity contribution in [2.75, 3.05) is 12.1 Å². The van der Waals surface area contributed by atoms with Crippen LogP contribution in [-0.2, 0) is 4.79 Å². The zero-order valence-corrected chi connectivity index (χ0v) is 13.9. The molecule has 1 aliphatic rings. The van der Waals surface area contributed by atoms with E-state index < -0.39 is 17.7 Å². The predicted molar refractivity (Wildman–Crippen MR) is 87.4 cm³/mol. The monoisotopic (exact) mass is 349 g/mol. The third-order valence-corrected chi connectivity index (χ3v) is 4.08. The zero-order chi connectivity index (χ0) is 18.0. The summed E-state index contributed by atoms with van der Waals surface area (Å²) in [5, 5.41) is 4.51. The van der Waals surface area contributed by atoms with Crippen LogP contribution in [0.3, 0.4) is 0 Å². The molecule has 1 aliphatic heterocycles. The summed E-state index contributed by atoms with van der Waals surface area (Å²) in [5.41, 5.74) is 0.944. The van der Waals surface area contributed by atoms with Gasteiger partial charge in [0.15, 0.2) is 17.5 Å². The van der Waals surface area contributed by atoms with Gasteiger partial charge in [0, 0.05) is 23.4 Å². The lowest BCUT2D eigenvalue weighted by Crippen LogP contribution is -2.91. The molecule has 0 fully saturated rings. The molecule has 3 rings (SSSR count). The predicted octanol–water partition coefficient (Wildman–Crippen LogP) is 2.35. The Morgan fingerprint density at radius 2 is 1.88 bits per heavy atom. The van der Waals surface area contributed by atoms with Gasteiger partial charge in [-0.15, -0.1) is 0 Å². The number of hydrogen-bond acceptors (Lipinski definition) is 3. The number of anilines is 1. The smallest absolute Gasteiger partial charge is 0.282 e. The van der Waals surface area contributed by atoms with Crippen molar-refractivity contribution in [3.05, 3.63) is 53.6 Å². The van der Waals surface area contributed by atoms with E-state index in [9.17, 15) is 13.6 Å². The van der Waals surface area contributed by atoms with E-state index in [4.69, 9.17) is 9.47 Å². The Morgan fingerprint density at radius 1 is 1.12 bits per heavy atom. The van der Waals surface area contributed by atoms with E-state index in [1.165, 1.54) is 12.1 Å². The van der Waals surface area contributed by atoms with E-state index in [2.05, 4.69) is 5.32 Å². The van der Waals surface area contributed by atoms with Gasteiger partial charge in [0.1, 0.15) is 17.7 Å². The second-order valence-electron chi connectivity index (χ2n) is 5.99. The first-order chi connectivity index (χ1) is 11.9. The van der Waals surface area contributed by atoms with Crippen molar-refractivity contribution in [1.29, 1.82) is 0 Å². The normalized spacial score (nSPS) is 14.9. The third kappa shape index (κ3) is 3.88. The van der Waals surface area contributed by atoms with Gasteiger partial charge in [-0.05, 0) is 38.1 Å². The van der Waals surface area contributed by atoms with Gasteiger partial charge < -0.3 is 20.1 Å². The summed E-state index contributed by atoms with van der Waals surface area (Å²) in [6, 6.07) is 7.79. The van der Waals surface area contributed by atoms with Crippen LogP contribution in [0.2, 0.25) is 0 Å². The summed E-state index contributed by atoms with van der Waals surface area (Å²) in [7, 11) is 0. The molecule has 25 heavy (non-hydrogen) atoms. The zero-order valence-electron chi connectivity index (χ0n) is 13.9. The average molecular weight is 349 g/mol. The maximum Gasteiger partial charge on any atom is 0.282 e. The number of hydrogen-bond donors (Lipinski definition) is 2. The van der Waals surface area contributed by atoms with Crippen molar-refractivity contribution in [2.24, 2.45) is 0 Å². The molecule has 0 unspecified atom stereocenters. The maximum absolute atomic E-state index is 13.8. The van der Waals surface area contributed by atoms with Gasteiger partial charge in [0.25, 0.3) is 5.91 Å². The highest BCUT2D eigenvalue weighted by Gasteiger charge is 2.23. The lowest BCUT2D eigenvalue weighted by Gasteiger charge is -2.17. The second kappa shape index (κ2) is 7.06. The van der Waals surface area contributed by atoms with Gasteiger partial charge in [0.05, 0.1) is 0 Å². The Labute approximate surface area is 143 Å². The summed E-state index contributed by atoms with van der Waals surface area (Å²) in [4.78, 5) is 12.4. The molecule has 2 atom stereocenters. The van der Waals surface area contributed by atoms with Crippen LogP contribution in [0.4, 0.5) is 14.5 Å². The molecule has 0 saturated carbocycles. The molecule has 2 aromatic rings. The number of rotatable bonds is 5. The van der Waals surface area contributed by atoms with Gasteiger partial charge in [-0.2, -0.15) is 0 Å². The number of nitrogens with two attached hydrogens (primary N) is 1. The van der Waals surface area contributed by atoms with Crippen molar-refractivity contribution in [3.63, 3.8) is 0 Å². The Kier molecular flexibility index (Phi) is 4.85. The molecule has 0 aliphatic carbocycles. The number of amides is 1. The summed E-state index contributed by atoms with van der Waals surface area (Å²) < 4.78 is 37.3. The third-order valence-electron chi connectivity index (χ3n) is 4.08. The molecule has 2 aromatic carbocycles. The lowest BCUT2D eigenvalue weighted by atomic mass is 10.1. The maximum atomic E-state index is 13.8. The van der Waals surface area contributed by atoms with E-state index in [1.807, 2.05) is 0 Å². The summed E-state index contributed by atoms with van der Waals surface area (Å²) >= 11 is 0. The average Bonchev–Trinajstić information content (AvgIpc) is 3.02. The van der Waals surface area contributed by atoms with E-state index >= 15 is 0 Å². The standard InChI is InChI=1S/C18H18F2N2O3/c1-10(14-5-3-12(19)7-15(14)20)21-11(2)18(23)22-13-4-6-16-17(8-13)25-9-24-16/h3-8,10-11,21H,9H2,1-2H3,(H,22,23)/p+1/t10-,11-/m0/s1. The Bertz CT molecular complexity index is 798. The molecule has 0 spiro atoms. The number of benzene rings is 2. The van der Waals surface area contributed by atoms with Crippen molar-refractivity contribution in [3.8, 4) is 11.5 Å². The van der Waals surface area contributed by atoms with Crippen LogP contribution in [0, 0.1) is 11.6 Å². The fourth-order valence-electron chi connectivity index (χ4n) is 2.73. The molecular formula is C18H19F2N2O3+. The van der Waals surface area contributed by atoms with Crippen LogP contribution >= 0.6 is 0 Å². The van der Waals surface area contributed by atoms with Gasteiger partial charge in [-0.25, -0.2) is 8.78 Å². The minimum atomic E-state index is -0.623. The number of nitrogens with one attached hydrogen (secondary N) is 1. The second-order valence-corrected chi connectivity index (χ2v) is 5.99. The molecule has 5 nitrogen and oxygen atoms in total. The van der Waals surface area contributed by atoms with Gasteiger partial charge >= 0.3 is 0 Å². The number of halogens is 2. The number of quaternary nitrogens is 1. The first kappa shape index (κ1) is 17.2. The quantitative estimate of drug-likeness (QED) is 0.871. The van der Waals surface area contributed by atoms with E-state index in [1.54, 1.807) is 37.4 Å². The number of ether oxygens (including phenoxy) is 2. The van der Waals surface area contributed by atoms with Crippen molar-refractivity contribution < 1.29 is 28.4 Å². The minimum Gasteiger partial charge on any atom is -0.454 e. The summed E-state index contributed by atoms with van der Waals surface area (Å²) in [5.74, 6) is -0.253. The fourth-order valence-corrected chi connectivity index (χ4v) is 2.73. The van der Waals surface area contributed by atoms with Crippen LogP contribution in [0.25, 0.3) is 0 Å². The van der Waals surface area contributed by atoms with Crippen LogP contribution in [0.1, 0.15) is 25.5 Å². The highest BCUT2D eigenvalue weighted by atomic mass is 19.1. The largest absolute Gasteiger partial charge is 0.454 e. The van der Waals surface area contributed by atoms with Crippen molar-refractivity contribution >= 4 is 11.6 Å². The van der Waals surface area contributed by atoms with Crippen LogP contribution in [0.15, 0.2) is 36.4 Å². The first-order valence-corrected chi connectivity index (χ1v) is 7.94. The molecule has 1 heterocycles. The topological polar surface area (TPSA) is 64.2 Å². The number of carbonyl (C=O) groups is 1. The van der Waals surface area contributed by atoms with E-state index in [-0.39, 0.29) is 18.7 Å². The number of carbonyl (C=O) groups excluding carboxylic acids is 1. The molecule has 3 N–H and O–H groups in total. The lowest BCUT2D eigenvalue weighted by molar-refractivity contribution is -0.710. The minimum absolute atomic E-state index is 0.164. The number of fused-ring (bicyclic) bond motifs is 1. The van der Waals surface area contributed by atoms with Gasteiger partial charge in [0.2, 0.25) is 6.79 Å². The molecule has 0 saturated heterocycles. The van der Waals surface area contributed by atoms with Crippen LogP contribution < -0.4 is 20.1 Å². The van der Waals surface area contributed by atoms with Gasteiger partial charge in [-0.3, -0.25) is 4.79 Å². The Hall–Kier alpha value is -2.67. The molecule has 132 valence electrons. The fraction of sp³-hybridized carbons (Fsp3) is 0.278. The van der Waals surface area contributed by atoms with Crippen LogP contribution in [0.5, 0.6) is 11.5 Å². The Morgan fingerprint density at radius 3 is 2.64 bits per heavy atom. The summed E-state index contributed by atoms with van der Waals surface area (Å²) in [6.07, 6.45) is 0. The highest BCUT2D eigenvalue weighted by Crippen LogP contribution is 2.34. The molecule has 0 bridgehead atoms. The highest BCUT2D eigenvalue weighted by molar-refractivity contribution is 5.93. The van der Waals surface area contributed by atoms with Crippen molar-refractivity contribution in [1.82, 2.24) is 0 Å². The van der Waals surface area contributed by atoms with E-state index in [0.29, 0.717) is 22.7 Å². The van der Waals surface area contributed by atoms with Crippen LogP contribution in [-0.4, -0.2) is 18.7 Å². The SMILES string of the molecule is C[C@H]([NH2+][C@@H](C)c1ccc(F)cc1F)C(=O)Nc1ccc2c(c1)OCO2. The Balaban J connectivity index is 1.62.